The maximum Gasteiger partial charge on any atom is 0.429 e. The number of nitrogens with zero attached hydrogens (tertiary/aromatic N) is 3. The molecule has 0 aromatic carbocycles. The first kappa shape index (κ1) is 27.9. The van der Waals surface area contributed by atoms with Crippen molar-refractivity contribution in [1.29, 1.82) is 0 Å². The Hall–Kier alpha value is -3.38. The minimum Gasteiger partial charge on any atom is -0.463 e. The van der Waals surface area contributed by atoms with E-state index in [1.807, 2.05) is 0 Å². The molecule has 0 saturated carbocycles. The summed E-state index contributed by atoms with van der Waals surface area (Å²) in [5, 5.41) is 3.45. The summed E-state index contributed by atoms with van der Waals surface area (Å²) in [5.41, 5.74) is 2.37. The third-order valence-corrected chi connectivity index (χ3v) is 5.98. The number of carbonyl (C=O) groups is 6. The van der Waals surface area contributed by atoms with Gasteiger partial charge in [-0.15, -0.1) is 0 Å². The van der Waals surface area contributed by atoms with Gasteiger partial charge in [0, 0.05) is 27.1 Å². The molecule has 13 nitrogen and oxygen atoms in total. The summed E-state index contributed by atoms with van der Waals surface area (Å²) in [6.45, 7) is 6.84. The van der Waals surface area contributed by atoms with Crippen molar-refractivity contribution in [3.05, 3.63) is 0 Å². The van der Waals surface area contributed by atoms with Crippen LogP contribution in [0.5, 0.6) is 0 Å². The predicted octanol–water partition coefficient (Wildman–Crippen LogP) is -0.456. The van der Waals surface area contributed by atoms with Gasteiger partial charge in [-0.1, -0.05) is 0 Å². The number of rotatable bonds is 7. The SMILES string of the molecule is CCOC(=O)C(C)OC(=O)N(C)NC(=O)[C@@H]1CCCN1C(=O)[C@H](C)NC(=O)[C@@H]1CCCN1C(C)=O. The molecular formula is C22H35N5O8. The van der Waals surface area contributed by atoms with Crippen molar-refractivity contribution < 1.29 is 38.2 Å². The lowest BCUT2D eigenvalue weighted by Crippen LogP contribution is -2.57. The molecular weight excluding hydrogens is 462 g/mol. The van der Waals surface area contributed by atoms with Crippen molar-refractivity contribution in [3.63, 3.8) is 0 Å². The van der Waals surface area contributed by atoms with Crippen molar-refractivity contribution in [3.8, 4) is 0 Å². The minimum atomic E-state index is -1.16. The second kappa shape index (κ2) is 12.4. The molecule has 0 aromatic heterocycles. The lowest BCUT2D eigenvalue weighted by Gasteiger charge is -2.30. The maximum absolute atomic E-state index is 13.0. The maximum atomic E-state index is 13.0. The van der Waals surface area contributed by atoms with Gasteiger partial charge in [-0.25, -0.2) is 14.6 Å². The van der Waals surface area contributed by atoms with Crippen molar-refractivity contribution in [2.45, 2.75) is 77.6 Å². The van der Waals surface area contributed by atoms with E-state index in [1.165, 1.54) is 37.6 Å². The monoisotopic (exact) mass is 497 g/mol. The Kier molecular flexibility index (Phi) is 9.84. The summed E-state index contributed by atoms with van der Waals surface area (Å²) in [5.74, 6) is -2.36. The Morgan fingerprint density at radius 1 is 0.971 bits per heavy atom. The van der Waals surface area contributed by atoms with Crippen LogP contribution < -0.4 is 10.7 Å². The Bertz CT molecular complexity index is 850. The normalized spacial score (nSPS) is 21.1. The number of nitrogens with one attached hydrogen (secondary N) is 2. The van der Waals surface area contributed by atoms with Gasteiger partial charge in [0.05, 0.1) is 6.61 Å². The molecule has 1 unspecified atom stereocenters. The van der Waals surface area contributed by atoms with E-state index in [0.717, 1.165) is 5.01 Å². The van der Waals surface area contributed by atoms with E-state index in [-0.39, 0.29) is 12.5 Å². The van der Waals surface area contributed by atoms with Gasteiger partial charge in [0.15, 0.2) is 6.10 Å². The van der Waals surface area contributed by atoms with Crippen molar-refractivity contribution in [1.82, 2.24) is 25.6 Å². The third kappa shape index (κ3) is 7.06. The summed E-state index contributed by atoms with van der Waals surface area (Å²) in [7, 11) is 1.25. The Morgan fingerprint density at radius 2 is 1.54 bits per heavy atom. The molecule has 0 radical (unpaired) electrons. The molecule has 4 atom stereocenters. The van der Waals surface area contributed by atoms with E-state index >= 15 is 0 Å². The second-order valence-electron chi connectivity index (χ2n) is 8.60. The highest BCUT2D eigenvalue weighted by molar-refractivity contribution is 5.94. The number of hydrogen-bond acceptors (Lipinski definition) is 8. The van der Waals surface area contributed by atoms with Crippen LogP contribution in [0.25, 0.3) is 0 Å². The number of hydrazine groups is 1. The Labute approximate surface area is 204 Å². The number of likely N-dealkylation sites (tertiary alicyclic amines) is 2. The number of amides is 5. The van der Waals surface area contributed by atoms with Crippen molar-refractivity contribution >= 4 is 35.7 Å². The van der Waals surface area contributed by atoms with Gasteiger partial charge < -0.3 is 24.6 Å². The van der Waals surface area contributed by atoms with Gasteiger partial charge in [-0.2, -0.15) is 0 Å². The first-order valence-corrected chi connectivity index (χ1v) is 11.8. The van der Waals surface area contributed by atoms with Gasteiger partial charge in [-0.3, -0.25) is 24.6 Å². The minimum absolute atomic E-state index is 0.132. The quantitative estimate of drug-likeness (QED) is 0.354. The zero-order chi connectivity index (χ0) is 26.3. The molecule has 2 aliphatic heterocycles. The fourth-order valence-electron chi connectivity index (χ4n) is 4.16. The van der Waals surface area contributed by atoms with Gasteiger partial charge in [0.2, 0.25) is 17.7 Å². The molecule has 196 valence electrons. The van der Waals surface area contributed by atoms with E-state index in [1.54, 1.807) is 6.92 Å². The topological polar surface area (TPSA) is 155 Å². The van der Waals surface area contributed by atoms with E-state index in [4.69, 9.17) is 9.47 Å². The highest BCUT2D eigenvalue weighted by Gasteiger charge is 2.39. The first-order chi connectivity index (χ1) is 16.5. The van der Waals surface area contributed by atoms with Gasteiger partial charge in [0.25, 0.3) is 5.91 Å². The zero-order valence-corrected chi connectivity index (χ0v) is 20.9. The summed E-state index contributed by atoms with van der Waals surface area (Å²) in [6.07, 6.45) is 0.0540. The third-order valence-electron chi connectivity index (χ3n) is 5.98. The lowest BCUT2D eigenvalue weighted by molar-refractivity contribution is -0.152. The van der Waals surface area contributed by atoms with Crippen LogP contribution in [0.3, 0.4) is 0 Å². The Morgan fingerprint density at radius 3 is 2.11 bits per heavy atom. The standard InChI is InChI=1S/C22H35N5O8/c1-6-34-21(32)14(3)35-22(33)25(5)24-19(30)17-10-8-12-27(17)20(31)13(2)23-18(29)16-9-7-11-26(16)15(4)28/h13-14,16-17H,6-12H2,1-5H3,(H,23,29)(H,24,30)/t13-,14?,16-,17-/m0/s1. The van der Waals surface area contributed by atoms with Gasteiger partial charge >= 0.3 is 12.1 Å². The van der Waals surface area contributed by atoms with Crippen LogP contribution in [-0.2, 0) is 33.4 Å². The molecule has 2 N–H and O–H groups in total. The van der Waals surface area contributed by atoms with E-state index in [0.29, 0.717) is 38.8 Å². The van der Waals surface area contributed by atoms with Crippen LogP contribution >= 0.6 is 0 Å². The van der Waals surface area contributed by atoms with E-state index in [2.05, 4.69) is 10.7 Å². The molecule has 0 aliphatic carbocycles. The molecule has 5 amide bonds. The van der Waals surface area contributed by atoms with Crippen LogP contribution in [0.4, 0.5) is 4.79 Å². The number of ether oxygens (including phenoxy) is 2. The first-order valence-electron chi connectivity index (χ1n) is 11.8. The fraction of sp³-hybridized carbons (Fsp3) is 0.727. The van der Waals surface area contributed by atoms with Crippen LogP contribution in [0, 0.1) is 0 Å². The number of esters is 1. The highest BCUT2D eigenvalue weighted by Crippen LogP contribution is 2.20. The lowest BCUT2D eigenvalue weighted by atomic mass is 10.1. The Balaban J connectivity index is 1.92. The highest BCUT2D eigenvalue weighted by atomic mass is 16.6. The molecule has 0 aromatic rings. The smallest absolute Gasteiger partial charge is 0.429 e. The van der Waals surface area contributed by atoms with E-state index < -0.39 is 54.0 Å². The average Bonchev–Trinajstić information content (AvgIpc) is 3.48. The summed E-state index contributed by atoms with van der Waals surface area (Å²) in [4.78, 5) is 76.9. The van der Waals surface area contributed by atoms with Gasteiger partial charge in [-0.05, 0) is 46.5 Å². The molecule has 0 bridgehead atoms. The molecule has 2 saturated heterocycles. The molecule has 2 fully saturated rings. The molecule has 2 aliphatic rings. The predicted molar refractivity (Wildman–Crippen MR) is 121 cm³/mol. The summed E-state index contributed by atoms with van der Waals surface area (Å²) >= 11 is 0. The van der Waals surface area contributed by atoms with Crippen molar-refractivity contribution in [2.75, 3.05) is 26.7 Å². The van der Waals surface area contributed by atoms with Crippen LogP contribution in [0.1, 0.15) is 53.4 Å². The average molecular weight is 498 g/mol. The molecule has 13 heteroatoms. The second-order valence-corrected chi connectivity index (χ2v) is 8.60. The summed E-state index contributed by atoms with van der Waals surface area (Å²) in [6, 6.07) is -2.37. The molecule has 35 heavy (non-hydrogen) atoms. The van der Waals surface area contributed by atoms with E-state index in [9.17, 15) is 28.8 Å². The number of carbonyl (C=O) groups excluding carboxylic acids is 6. The molecule has 2 heterocycles. The van der Waals surface area contributed by atoms with Crippen molar-refractivity contribution in [2.24, 2.45) is 0 Å². The van der Waals surface area contributed by atoms with Gasteiger partial charge in [0.1, 0.15) is 18.1 Å². The number of hydrogen-bond donors (Lipinski definition) is 2. The largest absolute Gasteiger partial charge is 0.463 e. The van der Waals surface area contributed by atoms with Crippen LogP contribution in [0.2, 0.25) is 0 Å². The molecule has 2 rings (SSSR count). The zero-order valence-electron chi connectivity index (χ0n) is 20.9. The fourth-order valence-corrected chi connectivity index (χ4v) is 4.16. The van der Waals surface area contributed by atoms with Crippen LogP contribution in [-0.4, -0.2) is 101 Å². The van der Waals surface area contributed by atoms with Crippen LogP contribution in [0.15, 0.2) is 0 Å². The summed E-state index contributed by atoms with van der Waals surface area (Å²) < 4.78 is 9.73. The molecule has 0 spiro atoms.